The predicted molar refractivity (Wildman–Crippen MR) is 73.3 cm³/mol. The zero-order chi connectivity index (χ0) is 12.1. The van der Waals surface area contributed by atoms with Crippen LogP contribution in [0.4, 0.5) is 0 Å². The van der Waals surface area contributed by atoms with Gasteiger partial charge >= 0.3 is 0 Å². The number of hydrogen-bond donors (Lipinski definition) is 1. The molecule has 1 aliphatic rings. The molecule has 3 nitrogen and oxygen atoms in total. The second kappa shape index (κ2) is 6.17. The molecular formula is C13H17BrN2O. The number of rotatable bonds is 5. The maximum Gasteiger partial charge on any atom is 0.183 e. The van der Waals surface area contributed by atoms with Crippen molar-refractivity contribution in [1.29, 1.82) is 0 Å². The largest absolute Gasteiger partial charge is 0.479 e. The molecule has 4 heteroatoms. The fourth-order valence-corrected chi connectivity index (χ4v) is 2.12. The highest BCUT2D eigenvalue weighted by molar-refractivity contribution is 9.10. The first kappa shape index (κ1) is 12.6. The fraction of sp³-hybridized carbons (Fsp3) is 0.462. The van der Waals surface area contributed by atoms with Crippen molar-refractivity contribution in [3.05, 3.63) is 34.3 Å². The van der Waals surface area contributed by atoms with E-state index in [0.717, 1.165) is 29.6 Å². The van der Waals surface area contributed by atoms with Crippen LogP contribution in [-0.4, -0.2) is 25.1 Å². The molecule has 1 heterocycles. The fourth-order valence-electron chi connectivity index (χ4n) is 1.86. The smallest absolute Gasteiger partial charge is 0.183 e. The van der Waals surface area contributed by atoms with E-state index in [1.54, 1.807) is 0 Å². The van der Waals surface area contributed by atoms with Crippen LogP contribution in [0, 0.1) is 0 Å². The van der Waals surface area contributed by atoms with Gasteiger partial charge in [0.2, 0.25) is 0 Å². The third-order valence-electron chi connectivity index (χ3n) is 2.75. The summed E-state index contributed by atoms with van der Waals surface area (Å²) < 4.78 is 6.66. The summed E-state index contributed by atoms with van der Waals surface area (Å²) in [6.07, 6.45) is 2.76. The topological polar surface area (TPSA) is 47.6 Å². The van der Waals surface area contributed by atoms with Gasteiger partial charge in [-0.1, -0.05) is 28.1 Å². The summed E-state index contributed by atoms with van der Waals surface area (Å²) in [5, 5.41) is 0. The van der Waals surface area contributed by atoms with E-state index in [2.05, 4.69) is 45.2 Å². The molecule has 0 aromatic heterocycles. The molecular weight excluding hydrogens is 280 g/mol. The van der Waals surface area contributed by atoms with Crippen LogP contribution in [-0.2, 0) is 11.2 Å². The Morgan fingerprint density at radius 2 is 2.12 bits per heavy atom. The lowest BCUT2D eigenvalue weighted by Crippen LogP contribution is -2.09. The van der Waals surface area contributed by atoms with Crippen LogP contribution in [0.25, 0.3) is 0 Å². The molecule has 0 radical (unpaired) electrons. The number of benzene rings is 1. The van der Waals surface area contributed by atoms with Crippen molar-refractivity contribution in [3.63, 3.8) is 0 Å². The molecule has 1 atom stereocenters. The first-order valence-electron chi connectivity index (χ1n) is 5.92. The quantitative estimate of drug-likeness (QED) is 0.908. The average molecular weight is 297 g/mol. The Balaban J connectivity index is 1.88. The highest BCUT2D eigenvalue weighted by atomic mass is 79.9. The van der Waals surface area contributed by atoms with E-state index in [0.29, 0.717) is 13.2 Å². The second-order valence-electron chi connectivity index (χ2n) is 4.21. The Bertz CT molecular complexity index is 389. The van der Waals surface area contributed by atoms with Gasteiger partial charge in [-0.25, -0.2) is 4.99 Å². The van der Waals surface area contributed by atoms with Gasteiger partial charge in [-0.3, -0.25) is 0 Å². The lowest BCUT2D eigenvalue weighted by molar-refractivity contribution is 0.308. The number of ether oxygens (including phenoxy) is 1. The van der Waals surface area contributed by atoms with Gasteiger partial charge in [0.25, 0.3) is 0 Å². The van der Waals surface area contributed by atoms with Gasteiger partial charge in [-0.15, -0.1) is 0 Å². The van der Waals surface area contributed by atoms with Crippen LogP contribution in [0.5, 0.6) is 0 Å². The van der Waals surface area contributed by atoms with Crippen molar-refractivity contribution in [2.75, 3.05) is 13.2 Å². The zero-order valence-electron chi connectivity index (χ0n) is 9.73. The molecule has 0 fully saturated rings. The van der Waals surface area contributed by atoms with E-state index in [4.69, 9.17) is 10.5 Å². The average Bonchev–Trinajstić information content (AvgIpc) is 2.77. The Hall–Kier alpha value is -0.870. The third kappa shape index (κ3) is 3.82. The Morgan fingerprint density at radius 1 is 1.35 bits per heavy atom. The second-order valence-corrected chi connectivity index (χ2v) is 5.13. The van der Waals surface area contributed by atoms with E-state index in [-0.39, 0.29) is 6.04 Å². The molecule has 1 aromatic rings. The minimum atomic E-state index is 0.268. The molecule has 17 heavy (non-hydrogen) atoms. The molecule has 2 N–H and O–H groups in total. The maximum absolute atomic E-state index is 5.55. The van der Waals surface area contributed by atoms with E-state index in [9.17, 15) is 0 Å². The first-order chi connectivity index (χ1) is 8.28. The minimum Gasteiger partial charge on any atom is -0.479 e. The van der Waals surface area contributed by atoms with Crippen molar-refractivity contribution in [1.82, 2.24) is 0 Å². The summed E-state index contributed by atoms with van der Waals surface area (Å²) in [5.41, 5.74) is 6.76. The van der Waals surface area contributed by atoms with E-state index in [1.165, 1.54) is 5.56 Å². The molecule has 92 valence electrons. The first-order valence-corrected chi connectivity index (χ1v) is 6.71. The van der Waals surface area contributed by atoms with Gasteiger partial charge in [-0.05, 0) is 37.1 Å². The van der Waals surface area contributed by atoms with Gasteiger partial charge < -0.3 is 10.5 Å². The summed E-state index contributed by atoms with van der Waals surface area (Å²) >= 11 is 3.43. The molecule has 0 saturated heterocycles. The van der Waals surface area contributed by atoms with E-state index < -0.39 is 0 Å². The maximum atomic E-state index is 5.55. The zero-order valence-corrected chi connectivity index (χ0v) is 11.3. The summed E-state index contributed by atoms with van der Waals surface area (Å²) in [7, 11) is 0. The highest BCUT2D eigenvalue weighted by Crippen LogP contribution is 2.16. The Morgan fingerprint density at radius 3 is 2.82 bits per heavy atom. The Kier molecular flexibility index (Phi) is 4.57. The number of nitrogens with two attached hydrogens (primary N) is 1. The van der Waals surface area contributed by atoms with Crippen LogP contribution in [0.15, 0.2) is 33.7 Å². The monoisotopic (exact) mass is 296 g/mol. The van der Waals surface area contributed by atoms with Crippen LogP contribution in [0.1, 0.15) is 18.4 Å². The van der Waals surface area contributed by atoms with Crippen molar-refractivity contribution >= 4 is 21.8 Å². The summed E-state index contributed by atoms with van der Waals surface area (Å²) in [6.45, 7) is 1.40. The molecule has 0 saturated carbocycles. The van der Waals surface area contributed by atoms with Gasteiger partial charge in [0, 0.05) is 10.9 Å². The molecule has 0 spiro atoms. The van der Waals surface area contributed by atoms with Crippen LogP contribution in [0.3, 0.4) is 0 Å². The molecule has 1 aromatic carbocycles. The van der Waals surface area contributed by atoms with Crippen molar-refractivity contribution < 1.29 is 4.74 Å². The number of hydrogen-bond acceptors (Lipinski definition) is 3. The Labute approximate surface area is 110 Å². The molecule has 0 bridgehead atoms. The van der Waals surface area contributed by atoms with Gasteiger partial charge in [0.15, 0.2) is 5.90 Å². The molecule has 1 aliphatic heterocycles. The summed E-state index contributed by atoms with van der Waals surface area (Å²) in [6, 6.07) is 8.63. The third-order valence-corrected chi connectivity index (χ3v) is 3.28. The number of aliphatic imine (C=N–C) groups is 1. The molecule has 2 rings (SSSR count). The SMILES string of the molecule is NCCCC1=NC(Cc2ccc(Br)cc2)CO1. The highest BCUT2D eigenvalue weighted by Gasteiger charge is 2.18. The van der Waals surface area contributed by atoms with Gasteiger partial charge in [0.05, 0.1) is 6.04 Å². The lowest BCUT2D eigenvalue weighted by Gasteiger charge is -2.04. The molecule has 1 unspecified atom stereocenters. The lowest BCUT2D eigenvalue weighted by atomic mass is 10.1. The van der Waals surface area contributed by atoms with E-state index in [1.807, 2.05) is 0 Å². The summed E-state index contributed by atoms with van der Waals surface area (Å²) in [5.74, 6) is 0.873. The minimum absolute atomic E-state index is 0.268. The van der Waals surface area contributed by atoms with Crippen LogP contribution >= 0.6 is 15.9 Å². The summed E-state index contributed by atoms with van der Waals surface area (Å²) in [4.78, 5) is 4.57. The standard InChI is InChI=1S/C13H17BrN2O/c14-11-5-3-10(4-6-11)8-12-9-17-13(16-12)2-1-7-15/h3-6,12H,1-2,7-9,15H2. The van der Waals surface area contributed by atoms with Gasteiger partial charge in [-0.2, -0.15) is 0 Å². The van der Waals surface area contributed by atoms with Crippen molar-refractivity contribution in [2.24, 2.45) is 10.7 Å². The van der Waals surface area contributed by atoms with Gasteiger partial charge in [0.1, 0.15) is 6.61 Å². The number of halogens is 1. The van der Waals surface area contributed by atoms with Crippen molar-refractivity contribution in [3.8, 4) is 0 Å². The van der Waals surface area contributed by atoms with Crippen LogP contribution in [0.2, 0.25) is 0 Å². The van der Waals surface area contributed by atoms with Crippen LogP contribution < -0.4 is 5.73 Å². The number of nitrogens with zero attached hydrogens (tertiary/aromatic N) is 1. The normalized spacial score (nSPS) is 18.9. The predicted octanol–water partition coefficient (Wildman–Crippen LogP) is 2.53. The van der Waals surface area contributed by atoms with Crippen molar-refractivity contribution in [2.45, 2.75) is 25.3 Å². The molecule has 0 amide bonds. The molecule has 0 aliphatic carbocycles. The van der Waals surface area contributed by atoms with E-state index >= 15 is 0 Å².